The molecule has 44 heavy (non-hydrogen) atoms. The van der Waals surface area contributed by atoms with Crippen molar-refractivity contribution in [1.82, 2.24) is 5.32 Å². The number of anilines is 1. The second-order valence-corrected chi connectivity index (χ2v) is 11.7. The fraction of sp³-hybridized carbons (Fsp3) is 0.121. The Hall–Kier alpha value is -4.12. The lowest BCUT2D eigenvalue weighted by Gasteiger charge is -2.26. The molecule has 1 saturated heterocycles. The lowest BCUT2D eigenvalue weighted by atomic mass is 10.1. The molecule has 1 fully saturated rings. The molecule has 0 bridgehead atoms. The zero-order chi connectivity index (χ0) is 31.2. The van der Waals surface area contributed by atoms with Gasteiger partial charge < -0.3 is 14.2 Å². The molecule has 0 radical (unpaired) electrons. The van der Waals surface area contributed by atoms with Crippen molar-refractivity contribution in [2.75, 3.05) is 11.5 Å². The maximum atomic E-state index is 13.2. The van der Waals surface area contributed by atoms with Crippen LogP contribution in [0.2, 0.25) is 5.02 Å². The van der Waals surface area contributed by atoms with E-state index in [1.54, 1.807) is 30.3 Å². The van der Waals surface area contributed by atoms with Crippen molar-refractivity contribution in [2.45, 2.75) is 20.1 Å². The maximum absolute atomic E-state index is 13.2. The van der Waals surface area contributed by atoms with E-state index in [1.165, 1.54) is 12.1 Å². The van der Waals surface area contributed by atoms with E-state index in [0.29, 0.717) is 50.0 Å². The number of barbiturate groups is 1. The second-order valence-electron chi connectivity index (χ2n) is 9.53. The van der Waals surface area contributed by atoms with Crippen molar-refractivity contribution >= 4 is 73.1 Å². The highest BCUT2D eigenvalue weighted by molar-refractivity contribution is 9.11. The van der Waals surface area contributed by atoms with Crippen LogP contribution in [0.1, 0.15) is 23.6 Å². The van der Waals surface area contributed by atoms with Crippen molar-refractivity contribution in [2.24, 2.45) is 0 Å². The number of amides is 4. The van der Waals surface area contributed by atoms with Gasteiger partial charge in [0.2, 0.25) is 0 Å². The number of benzene rings is 4. The van der Waals surface area contributed by atoms with E-state index in [2.05, 4.69) is 37.2 Å². The Morgan fingerprint density at radius 2 is 1.52 bits per heavy atom. The van der Waals surface area contributed by atoms with Crippen LogP contribution >= 0.6 is 43.5 Å². The Bertz CT molecular complexity index is 1740. The third kappa shape index (κ3) is 7.32. The van der Waals surface area contributed by atoms with E-state index in [1.807, 2.05) is 55.5 Å². The summed E-state index contributed by atoms with van der Waals surface area (Å²) in [4.78, 5) is 39.2. The van der Waals surface area contributed by atoms with Crippen LogP contribution in [0.25, 0.3) is 6.08 Å². The quantitative estimate of drug-likeness (QED) is 0.131. The third-order valence-electron chi connectivity index (χ3n) is 6.43. The number of rotatable bonds is 10. The van der Waals surface area contributed by atoms with Gasteiger partial charge in [0.1, 0.15) is 24.5 Å². The van der Waals surface area contributed by atoms with Crippen molar-refractivity contribution in [3.63, 3.8) is 0 Å². The SMILES string of the molecule is CCOc1cc(COc2c(Br)cc(/C=C3\C(=O)NC(=O)N(c4cccc(Cl)c4)C3=O)cc2Br)ccc1OCc1ccccc1. The number of halogens is 3. The van der Waals surface area contributed by atoms with Gasteiger partial charge in [-0.25, -0.2) is 9.69 Å². The molecule has 1 N–H and O–H groups in total. The molecule has 1 aliphatic rings. The molecule has 8 nitrogen and oxygen atoms in total. The van der Waals surface area contributed by atoms with Gasteiger partial charge in [-0.15, -0.1) is 0 Å². The highest BCUT2D eigenvalue weighted by atomic mass is 79.9. The Balaban J connectivity index is 1.32. The number of carbonyl (C=O) groups is 3. The van der Waals surface area contributed by atoms with E-state index < -0.39 is 17.8 Å². The van der Waals surface area contributed by atoms with Crippen molar-refractivity contribution in [1.29, 1.82) is 0 Å². The van der Waals surface area contributed by atoms with Gasteiger partial charge in [-0.05, 0) is 104 Å². The van der Waals surface area contributed by atoms with Gasteiger partial charge in [-0.2, -0.15) is 0 Å². The number of nitrogens with one attached hydrogen (secondary N) is 1. The van der Waals surface area contributed by atoms with Gasteiger partial charge >= 0.3 is 6.03 Å². The van der Waals surface area contributed by atoms with Gasteiger partial charge in [0.05, 0.1) is 21.2 Å². The number of nitrogens with zero attached hydrogens (tertiary/aromatic N) is 1. The van der Waals surface area contributed by atoms with E-state index in [-0.39, 0.29) is 17.9 Å². The van der Waals surface area contributed by atoms with E-state index >= 15 is 0 Å². The van der Waals surface area contributed by atoms with Crippen LogP contribution in [0.15, 0.2) is 99.4 Å². The Kier molecular flexibility index (Phi) is 10.0. The molecular formula is C33H25Br2ClN2O6. The molecule has 4 amide bonds. The van der Waals surface area contributed by atoms with Crippen LogP contribution in [0.3, 0.4) is 0 Å². The summed E-state index contributed by atoms with van der Waals surface area (Å²) in [5.41, 5.74) is 2.47. The topological polar surface area (TPSA) is 94.2 Å². The predicted molar refractivity (Wildman–Crippen MR) is 175 cm³/mol. The number of carbonyl (C=O) groups excluding carboxylic acids is 3. The summed E-state index contributed by atoms with van der Waals surface area (Å²) >= 11 is 13.1. The van der Waals surface area contributed by atoms with Gasteiger partial charge in [0, 0.05) is 5.02 Å². The van der Waals surface area contributed by atoms with Gasteiger partial charge in [0.25, 0.3) is 11.8 Å². The molecule has 224 valence electrons. The minimum atomic E-state index is -0.853. The second kappa shape index (κ2) is 14.1. The summed E-state index contributed by atoms with van der Waals surface area (Å²) in [6, 6.07) is 24.3. The first-order chi connectivity index (χ1) is 21.2. The molecule has 4 aromatic rings. The summed E-state index contributed by atoms with van der Waals surface area (Å²) in [5.74, 6) is 0.202. The summed E-state index contributed by atoms with van der Waals surface area (Å²) in [6.07, 6.45) is 1.41. The van der Waals surface area contributed by atoms with Crippen LogP contribution in [0.4, 0.5) is 10.5 Å². The van der Waals surface area contributed by atoms with Crippen LogP contribution in [0, 0.1) is 0 Å². The molecule has 0 aromatic heterocycles. The number of hydrogen-bond donors (Lipinski definition) is 1. The average molecular weight is 741 g/mol. The standard InChI is InChI=1S/C33H25Br2ClN2O6/c1-2-42-29-16-21(11-12-28(29)43-18-20-7-4-3-5-8-20)19-44-30-26(34)14-22(15-27(30)35)13-25-31(39)37-33(41)38(32(25)40)24-10-6-9-23(36)17-24/h3-17H,2,18-19H2,1H3,(H,37,39,41)/b25-13+. The monoisotopic (exact) mass is 738 g/mol. The number of hydrogen-bond acceptors (Lipinski definition) is 6. The first-order valence-corrected chi connectivity index (χ1v) is 15.4. The fourth-order valence-corrected chi connectivity index (χ4v) is 6.03. The first-order valence-electron chi connectivity index (χ1n) is 13.4. The molecule has 0 atom stereocenters. The lowest BCUT2D eigenvalue weighted by Crippen LogP contribution is -2.54. The molecule has 0 saturated carbocycles. The van der Waals surface area contributed by atoms with Gasteiger partial charge in [0.15, 0.2) is 11.5 Å². The molecule has 1 heterocycles. The lowest BCUT2D eigenvalue weighted by molar-refractivity contribution is -0.122. The summed E-state index contributed by atoms with van der Waals surface area (Å²) < 4.78 is 19.1. The fourth-order valence-electron chi connectivity index (χ4n) is 4.40. The normalized spacial score (nSPS) is 14.0. The van der Waals surface area contributed by atoms with Crippen LogP contribution in [0.5, 0.6) is 17.2 Å². The smallest absolute Gasteiger partial charge is 0.335 e. The molecule has 0 unspecified atom stereocenters. The summed E-state index contributed by atoms with van der Waals surface area (Å²) in [5, 5.41) is 2.55. The molecule has 0 spiro atoms. The number of urea groups is 1. The predicted octanol–water partition coefficient (Wildman–Crippen LogP) is 8.09. The molecule has 4 aromatic carbocycles. The molecule has 1 aliphatic heterocycles. The van der Waals surface area contributed by atoms with Gasteiger partial charge in [-0.1, -0.05) is 54.1 Å². The Labute approximate surface area is 275 Å². The van der Waals surface area contributed by atoms with E-state index in [4.69, 9.17) is 25.8 Å². The first kappa shape index (κ1) is 31.3. The highest BCUT2D eigenvalue weighted by Crippen LogP contribution is 2.37. The average Bonchev–Trinajstić information content (AvgIpc) is 2.99. The summed E-state index contributed by atoms with van der Waals surface area (Å²) in [7, 11) is 0. The zero-order valence-electron chi connectivity index (χ0n) is 23.3. The number of imide groups is 2. The number of ether oxygens (including phenoxy) is 3. The Morgan fingerprint density at radius 3 is 2.23 bits per heavy atom. The maximum Gasteiger partial charge on any atom is 0.335 e. The van der Waals surface area contributed by atoms with Crippen molar-refractivity contribution in [3.05, 3.63) is 121 Å². The Morgan fingerprint density at radius 1 is 0.795 bits per heavy atom. The largest absolute Gasteiger partial charge is 0.490 e. The summed E-state index contributed by atoms with van der Waals surface area (Å²) in [6.45, 7) is 3.04. The molecule has 11 heteroatoms. The zero-order valence-corrected chi connectivity index (χ0v) is 27.2. The highest BCUT2D eigenvalue weighted by Gasteiger charge is 2.37. The van der Waals surface area contributed by atoms with Crippen molar-refractivity contribution < 1.29 is 28.6 Å². The van der Waals surface area contributed by atoms with Gasteiger partial charge in [-0.3, -0.25) is 14.9 Å². The van der Waals surface area contributed by atoms with Crippen LogP contribution in [-0.2, 0) is 22.8 Å². The van der Waals surface area contributed by atoms with Crippen molar-refractivity contribution in [3.8, 4) is 17.2 Å². The molecule has 0 aliphatic carbocycles. The minimum Gasteiger partial charge on any atom is -0.490 e. The van der Waals surface area contributed by atoms with E-state index in [9.17, 15) is 14.4 Å². The minimum absolute atomic E-state index is 0.213. The third-order valence-corrected chi connectivity index (χ3v) is 7.84. The molecular weight excluding hydrogens is 716 g/mol. The van der Waals surface area contributed by atoms with E-state index in [0.717, 1.165) is 16.0 Å². The molecule has 5 rings (SSSR count). The van der Waals surface area contributed by atoms with Crippen LogP contribution < -0.4 is 24.4 Å². The van der Waals surface area contributed by atoms with Crippen LogP contribution in [-0.4, -0.2) is 24.5 Å².